The molecule has 4 rings (SSSR count). The Hall–Kier alpha value is -2.74. The maximum absolute atomic E-state index is 13.1. The number of hydrogen-bond acceptors (Lipinski definition) is 5. The molecule has 0 atom stereocenters. The minimum Gasteiger partial charge on any atom is -0.486 e. The number of sulfonamides is 1. The Bertz CT molecular complexity index is 1030. The first-order chi connectivity index (χ1) is 15.5. The second-order valence-corrected chi connectivity index (χ2v) is 10.4. The summed E-state index contributed by atoms with van der Waals surface area (Å²) < 4.78 is 38.0. The van der Waals surface area contributed by atoms with E-state index < -0.39 is 10.0 Å². The summed E-state index contributed by atoms with van der Waals surface area (Å²) >= 11 is 0. The fourth-order valence-electron chi connectivity index (χ4n) is 4.25. The van der Waals surface area contributed by atoms with E-state index in [1.54, 1.807) is 30.0 Å². The molecule has 172 valence electrons. The summed E-state index contributed by atoms with van der Waals surface area (Å²) in [5.41, 5.74) is 1.74. The number of hydrogen-bond donors (Lipinski definition) is 0. The lowest BCUT2D eigenvalue weighted by molar-refractivity contribution is -0.130. The molecule has 2 aromatic rings. The van der Waals surface area contributed by atoms with Crippen LogP contribution in [0.15, 0.2) is 48.5 Å². The number of piperidine rings is 1. The summed E-state index contributed by atoms with van der Waals surface area (Å²) in [7, 11) is -3.64. The third kappa shape index (κ3) is 5.18. The van der Waals surface area contributed by atoms with Gasteiger partial charge in [0.2, 0.25) is 15.9 Å². The molecule has 0 N–H and O–H groups in total. The van der Waals surface area contributed by atoms with Gasteiger partial charge in [0.25, 0.3) is 0 Å². The zero-order valence-electron chi connectivity index (χ0n) is 18.4. The zero-order chi connectivity index (χ0) is 22.6. The number of carbonyl (C=O) groups excluding carboxylic acids is 1. The van der Waals surface area contributed by atoms with Crippen molar-refractivity contribution in [2.75, 3.05) is 42.9 Å². The maximum Gasteiger partial charge on any atom is 0.243 e. The van der Waals surface area contributed by atoms with E-state index in [-0.39, 0.29) is 18.2 Å². The number of anilines is 1. The molecule has 1 amide bonds. The summed E-state index contributed by atoms with van der Waals surface area (Å²) in [6.07, 6.45) is 2.85. The van der Waals surface area contributed by atoms with Crippen molar-refractivity contribution in [2.24, 2.45) is 5.92 Å². The molecule has 0 aromatic heterocycles. The number of ether oxygens (including phenoxy) is 2. The highest BCUT2D eigenvalue weighted by molar-refractivity contribution is 7.92. The van der Waals surface area contributed by atoms with Crippen molar-refractivity contribution in [3.8, 4) is 11.5 Å². The van der Waals surface area contributed by atoms with Crippen LogP contribution in [0.4, 0.5) is 5.69 Å². The van der Waals surface area contributed by atoms with E-state index in [2.05, 4.69) is 24.3 Å². The predicted molar refractivity (Wildman–Crippen MR) is 124 cm³/mol. The SMILES string of the molecule is CCS(=O)(=O)N(CC(=O)N1CCC(Cc2ccccc2)CC1)c1ccc2c(c1)OCCO2. The van der Waals surface area contributed by atoms with Crippen LogP contribution in [0.25, 0.3) is 0 Å². The fraction of sp³-hybridized carbons (Fsp3) is 0.458. The van der Waals surface area contributed by atoms with Gasteiger partial charge in [-0.15, -0.1) is 0 Å². The van der Waals surface area contributed by atoms with E-state index in [1.165, 1.54) is 9.87 Å². The van der Waals surface area contributed by atoms with Crippen molar-refractivity contribution in [2.45, 2.75) is 26.2 Å². The van der Waals surface area contributed by atoms with Crippen LogP contribution in [0, 0.1) is 5.92 Å². The molecule has 2 aromatic carbocycles. The molecular formula is C24H30N2O5S. The molecule has 0 unspecified atom stereocenters. The molecule has 1 saturated heterocycles. The lowest BCUT2D eigenvalue weighted by atomic mass is 9.90. The minimum absolute atomic E-state index is 0.0894. The molecule has 2 heterocycles. The highest BCUT2D eigenvalue weighted by atomic mass is 32.2. The van der Waals surface area contributed by atoms with E-state index >= 15 is 0 Å². The van der Waals surface area contributed by atoms with Crippen molar-refractivity contribution in [3.05, 3.63) is 54.1 Å². The standard InChI is InChI=1S/C24H30N2O5S/c1-2-32(28,29)26(21-8-9-22-23(17-21)31-15-14-30-22)18-24(27)25-12-10-20(11-13-25)16-19-6-4-3-5-7-19/h3-9,17,20H,2,10-16,18H2,1H3. The average Bonchev–Trinajstić information content (AvgIpc) is 2.83. The monoisotopic (exact) mass is 458 g/mol. The van der Waals surface area contributed by atoms with Gasteiger partial charge in [0.15, 0.2) is 11.5 Å². The summed E-state index contributed by atoms with van der Waals surface area (Å²) in [5.74, 6) is 1.36. The Morgan fingerprint density at radius 1 is 1.03 bits per heavy atom. The number of rotatable bonds is 7. The molecule has 0 saturated carbocycles. The van der Waals surface area contributed by atoms with Crippen LogP contribution in [0.1, 0.15) is 25.3 Å². The fourth-order valence-corrected chi connectivity index (χ4v) is 5.30. The van der Waals surface area contributed by atoms with Crippen molar-refractivity contribution in [1.82, 2.24) is 4.90 Å². The first-order valence-electron chi connectivity index (χ1n) is 11.2. The second-order valence-electron chi connectivity index (χ2n) is 8.25. The quantitative estimate of drug-likeness (QED) is 0.637. The van der Waals surface area contributed by atoms with Crippen LogP contribution >= 0.6 is 0 Å². The Labute approximate surface area is 190 Å². The molecule has 1 fully saturated rings. The second kappa shape index (κ2) is 9.81. The topological polar surface area (TPSA) is 76.2 Å². The highest BCUT2D eigenvalue weighted by Gasteiger charge is 2.29. The maximum atomic E-state index is 13.1. The van der Waals surface area contributed by atoms with Crippen LogP contribution in [0.2, 0.25) is 0 Å². The van der Waals surface area contributed by atoms with Crippen LogP contribution in [-0.4, -0.2) is 57.8 Å². The van der Waals surface area contributed by atoms with Crippen molar-refractivity contribution >= 4 is 21.6 Å². The van der Waals surface area contributed by atoms with Gasteiger partial charge in [0, 0.05) is 19.2 Å². The van der Waals surface area contributed by atoms with Crippen LogP contribution in [-0.2, 0) is 21.2 Å². The van der Waals surface area contributed by atoms with E-state index in [4.69, 9.17) is 9.47 Å². The lowest BCUT2D eigenvalue weighted by Crippen LogP contribution is -2.46. The molecule has 2 aliphatic rings. The van der Waals surface area contributed by atoms with Crippen molar-refractivity contribution < 1.29 is 22.7 Å². The summed E-state index contributed by atoms with van der Waals surface area (Å²) in [4.78, 5) is 14.9. The normalized spacial score (nSPS) is 16.6. The molecule has 32 heavy (non-hydrogen) atoms. The summed E-state index contributed by atoms with van der Waals surface area (Å²) in [5, 5.41) is 0. The van der Waals surface area contributed by atoms with E-state index in [1.807, 2.05) is 6.07 Å². The molecule has 0 spiro atoms. The molecule has 7 nitrogen and oxygen atoms in total. The summed E-state index contributed by atoms with van der Waals surface area (Å²) in [6.45, 7) is 3.55. The molecular weight excluding hydrogens is 428 g/mol. The van der Waals surface area contributed by atoms with Gasteiger partial charge in [-0.2, -0.15) is 0 Å². The third-order valence-corrected chi connectivity index (χ3v) is 7.87. The van der Waals surface area contributed by atoms with Gasteiger partial charge in [-0.05, 0) is 49.8 Å². The van der Waals surface area contributed by atoms with E-state index in [9.17, 15) is 13.2 Å². The van der Waals surface area contributed by atoms with Gasteiger partial charge < -0.3 is 14.4 Å². The van der Waals surface area contributed by atoms with E-state index in [0.29, 0.717) is 49.4 Å². The number of fused-ring (bicyclic) bond motifs is 1. The Kier molecular flexibility index (Phi) is 6.89. The summed E-state index contributed by atoms with van der Waals surface area (Å²) in [6, 6.07) is 15.4. The molecule has 0 aliphatic carbocycles. The van der Waals surface area contributed by atoms with Crippen molar-refractivity contribution in [1.29, 1.82) is 0 Å². The Morgan fingerprint density at radius 2 is 1.72 bits per heavy atom. The first-order valence-corrected chi connectivity index (χ1v) is 12.8. The molecule has 0 bridgehead atoms. The molecule has 2 aliphatic heterocycles. The van der Waals surface area contributed by atoms with Gasteiger partial charge >= 0.3 is 0 Å². The minimum atomic E-state index is -3.64. The van der Waals surface area contributed by atoms with Crippen LogP contribution < -0.4 is 13.8 Å². The predicted octanol–water partition coefficient (Wildman–Crippen LogP) is 3.10. The number of carbonyl (C=O) groups is 1. The largest absolute Gasteiger partial charge is 0.486 e. The van der Waals surface area contributed by atoms with E-state index in [0.717, 1.165) is 19.3 Å². The number of amides is 1. The van der Waals surface area contributed by atoms with Gasteiger partial charge in [0.1, 0.15) is 19.8 Å². The average molecular weight is 459 g/mol. The zero-order valence-corrected chi connectivity index (χ0v) is 19.2. The Morgan fingerprint density at radius 3 is 2.41 bits per heavy atom. The smallest absolute Gasteiger partial charge is 0.243 e. The van der Waals surface area contributed by atoms with Crippen LogP contribution in [0.5, 0.6) is 11.5 Å². The van der Waals surface area contributed by atoms with Gasteiger partial charge in [0.05, 0.1) is 11.4 Å². The highest BCUT2D eigenvalue weighted by Crippen LogP contribution is 2.35. The van der Waals surface area contributed by atoms with Crippen molar-refractivity contribution in [3.63, 3.8) is 0 Å². The molecule has 0 radical (unpaired) electrons. The number of likely N-dealkylation sites (tertiary alicyclic amines) is 1. The van der Waals surface area contributed by atoms with Gasteiger partial charge in [-0.25, -0.2) is 8.42 Å². The number of nitrogens with zero attached hydrogens (tertiary/aromatic N) is 2. The Balaban J connectivity index is 1.42. The molecule has 8 heteroatoms. The lowest BCUT2D eigenvalue weighted by Gasteiger charge is -2.34. The third-order valence-electron chi connectivity index (χ3n) is 6.13. The van der Waals surface area contributed by atoms with Gasteiger partial charge in [-0.3, -0.25) is 9.10 Å². The first kappa shape index (κ1) is 22.5. The van der Waals surface area contributed by atoms with Gasteiger partial charge in [-0.1, -0.05) is 30.3 Å². The van der Waals surface area contributed by atoms with Crippen LogP contribution in [0.3, 0.4) is 0 Å². The number of benzene rings is 2.